The standard InChI is InChI=1S/C9H8N2S/c1-2-5-10-9(3-1)11-8-4-6-12-7-8/h1-7H,(H,10,11). The molecule has 0 radical (unpaired) electrons. The van der Waals surface area contributed by atoms with Crippen LogP contribution in [0.5, 0.6) is 0 Å². The minimum atomic E-state index is 0.885. The molecule has 2 heterocycles. The summed E-state index contributed by atoms with van der Waals surface area (Å²) < 4.78 is 0. The molecule has 0 unspecified atom stereocenters. The highest BCUT2D eigenvalue weighted by Gasteiger charge is 1.92. The summed E-state index contributed by atoms with van der Waals surface area (Å²) in [5.41, 5.74) is 1.10. The lowest BCUT2D eigenvalue weighted by Crippen LogP contribution is -1.89. The van der Waals surface area contributed by atoms with Gasteiger partial charge in [0.2, 0.25) is 0 Å². The fourth-order valence-corrected chi connectivity index (χ4v) is 1.51. The Kier molecular flexibility index (Phi) is 2.05. The maximum absolute atomic E-state index is 4.15. The van der Waals surface area contributed by atoms with E-state index in [2.05, 4.69) is 15.7 Å². The first-order valence-electron chi connectivity index (χ1n) is 3.65. The van der Waals surface area contributed by atoms with E-state index in [0.717, 1.165) is 11.5 Å². The predicted molar refractivity (Wildman–Crippen MR) is 51.8 cm³/mol. The van der Waals surface area contributed by atoms with Crippen LogP contribution in [0, 0.1) is 0 Å². The van der Waals surface area contributed by atoms with E-state index in [9.17, 15) is 0 Å². The number of hydrogen-bond donors (Lipinski definition) is 1. The molecule has 0 saturated heterocycles. The van der Waals surface area contributed by atoms with Crippen LogP contribution >= 0.6 is 11.3 Å². The van der Waals surface area contributed by atoms with Crippen LogP contribution in [-0.4, -0.2) is 4.98 Å². The van der Waals surface area contributed by atoms with Crippen LogP contribution in [0.1, 0.15) is 0 Å². The van der Waals surface area contributed by atoms with Gasteiger partial charge in [-0.1, -0.05) is 6.07 Å². The van der Waals surface area contributed by atoms with E-state index in [0.29, 0.717) is 0 Å². The molecule has 2 rings (SSSR count). The summed E-state index contributed by atoms with van der Waals surface area (Å²) in [5, 5.41) is 7.27. The highest BCUT2D eigenvalue weighted by atomic mass is 32.1. The van der Waals surface area contributed by atoms with E-state index in [1.54, 1.807) is 17.5 Å². The smallest absolute Gasteiger partial charge is 0.130 e. The molecule has 0 aromatic carbocycles. The number of thiophene rings is 1. The highest BCUT2D eigenvalue weighted by molar-refractivity contribution is 7.08. The Hall–Kier alpha value is -1.35. The molecule has 0 amide bonds. The summed E-state index contributed by atoms with van der Waals surface area (Å²) in [6.45, 7) is 0. The predicted octanol–water partition coefficient (Wildman–Crippen LogP) is 2.89. The molecule has 0 aliphatic heterocycles. The zero-order chi connectivity index (χ0) is 8.23. The monoisotopic (exact) mass is 176 g/mol. The molecular weight excluding hydrogens is 168 g/mol. The summed E-state index contributed by atoms with van der Waals surface area (Å²) in [6.07, 6.45) is 1.77. The topological polar surface area (TPSA) is 24.9 Å². The van der Waals surface area contributed by atoms with E-state index < -0.39 is 0 Å². The van der Waals surface area contributed by atoms with Crippen molar-refractivity contribution in [3.8, 4) is 0 Å². The molecule has 2 aromatic heterocycles. The van der Waals surface area contributed by atoms with E-state index in [1.807, 2.05) is 29.6 Å². The molecule has 60 valence electrons. The molecule has 2 aromatic rings. The molecule has 0 saturated carbocycles. The first-order valence-corrected chi connectivity index (χ1v) is 4.60. The average molecular weight is 176 g/mol. The third-order valence-electron chi connectivity index (χ3n) is 1.46. The molecule has 3 heteroatoms. The zero-order valence-corrected chi connectivity index (χ0v) is 7.21. The van der Waals surface area contributed by atoms with Gasteiger partial charge in [0.25, 0.3) is 0 Å². The third-order valence-corrected chi connectivity index (χ3v) is 2.14. The summed E-state index contributed by atoms with van der Waals surface area (Å²) in [5.74, 6) is 0.885. The second-order valence-electron chi connectivity index (χ2n) is 2.35. The van der Waals surface area contributed by atoms with Crippen molar-refractivity contribution in [1.82, 2.24) is 4.98 Å². The van der Waals surface area contributed by atoms with Crippen molar-refractivity contribution >= 4 is 22.8 Å². The third kappa shape index (κ3) is 1.62. The number of rotatable bonds is 2. The van der Waals surface area contributed by atoms with Crippen molar-refractivity contribution in [3.05, 3.63) is 41.2 Å². The fraction of sp³-hybridized carbons (Fsp3) is 0. The summed E-state index contributed by atoms with van der Waals surface area (Å²) in [7, 11) is 0. The molecule has 0 bridgehead atoms. The number of nitrogens with zero attached hydrogens (tertiary/aromatic N) is 1. The quantitative estimate of drug-likeness (QED) is 0.761. The van der Waals surface area contributed by atoms with Crippen LogP contribution in [0.2, 0.25) is 0 Å². The lowest BCUT2D eigenvalue weighted by Gasteiger charge is -2.00. The van der Waals surface area contributed by atoms with Gasteiger partial charge in [-0.2, -0.15) is 11.3 Å². The molecule has 0 aliphatic rings. The number of pyridine rings is 1. The van der Waals surface area contributed by atoms with Crippen molar-refractivity contribution in [2.45, 2.75) is 0 Å². The van der Waals surface area contributed by atoms with Gasteiger partial charge in [0.1, 0.15) is 5.82 Å². The SMILES string of the molecule is c1ccc(Nc2ccsc2)nc1. The van der Waals surface area contributed by atoms with Crippen LogP contribution < -0.4 is 5.32 Å². The summed E-state index contributed by atoms with van der Waals surface area (Å²) >= 11 is 1.67. The average Bonchev–Trinajstić information content (AvgIpc) is 2.59. The van der Waals surface area contributed by atoms with Crippen LogP contribution in [0.4, 0.5) is 11.5 Å². The lowest BCUT2D eigenvalue weighted by atomic mass is 10.4. The van der Waals surface area contributed by atoms with E-state index in [1.165, 1.54) is 0 Å². The second kappa shape index (κ2) is 3.36. The Labute approximate surface area is 74.9 Å². The molecule has 0 spiro atoms. The van der Waals surface area contributed by atoms with Gasteiger partial charge >= 0.3 is 0 Å². The van der Waals surface area contributed by atoms with E-state index in [4.69, 9.17) is 0 Å². The summed E-state index contributed by atoms with van der Waals surface area (Å²) in [6, 6.07) is 7.83. The van der Waals surface area contributed by atoms with Crippen molar-refractivity contribution < 1.29 is 0 Å². The first-order chi connectivity index (χ1) is 5.95. The fourth-order valence-electron chi connectivity index (χ4n) is 0.920. The van der Waals surface area contributed by atoms with E-state index in [-0.39, 0.29) is 0 Å². The lowest BCUT2D eigenvalue weighted by molar-refractivity contribution is 1.31. The van der Waals surface area contributed by atoms with Gasteiger partial charge in [-0.05, 0) is 23.6 Å². The maximum atomic E-state index is 4.15. The van der Waals surface area contributed by atoms with Gasteiger partial charge < -0.3 is 5.32 Å². The minimum Gasteiger partial charge on any atom is -0.340 e. The Balaban J connectivity index is 2.15. The Bertz CT molecular complexity index is 329. The molecule has 12 heavy (non-hydrogen) atoms. The Morgan fingerprint density at radius 2 is 2.25 bits per heavy atom. The minimum absolute atomic E-state index is 0.885. The molecule has 2 nitrogen and oxygen atoms in total. The highest BCUT2D eigenvalue weighted by Crippen LogP contribution is 2.16. The zero-order valence-electron chi connectivity index (χ0n) is 6.40. The Morgan fingerprint density at radius 3 is 2.92 bits per heavy atom. The molecule has 0 fully saturated rings. The number of aromatic nitrogens is 1. The maximum Gasteiger partial charge on any atom is 0.130 e. The molecule has 0 atom stereocenters. The van der Waals surface area contributed by atoms with Gasteiger partial charge in [-0.3, -0.25) is 0 Å². The second-order valence-corrected chi connectivity index (χ2v) is 3.13. The van der Waals surface area contributed by atoms with Crippen LogP contribution in [0.3, 0.4) is 0 Å². The van der Waals surface area contributed by atoms with Crippen LogP contribution in [0.25, 0.3) is 0 Å². The summed E-state index contributed by atoms with van der Waals surface area (Å²) in [4.78, 5) is 4.15. The van der Waals surface area contributed by atoms with Crippen molar-refractivity contribution in [3.63, 3.8) is 0 Å². The number of anilines is 2. The molecular formula is C9H8N2S. The largest absolute Gasteiger partial charge is 0.340 e. The van der Waals surface area contributed by atoms with Crippen LogP contribution in [-0.2, 0) is 0 Å². The van der Waals surface area contributed by atoms with Crippen LogP contribution in [0.15, 0.2) is 41.2 Å². The Morgan fingerprint density at radius 1 is 1.25 bits per heavy atom. The van der Waals surface area contributed by atoms with Crippen molar-refractivity contribution in [2.75, 3.05) is 5.32 Å². The normalized spacial score (nSPS) is 9.67. The number of hydrogen-bond acceptors (Lipinski definition) is 3. The van der Waals surface area contributed by atoms with Crippen molar-refractivity contribution in [1.29, 1.82) is 0 Å². The van der Waals surface area contributed by atoms with Gasteiger partial charge in [0, 0.05) is 11.6 Å². The molecule has 0 aliphatic carbocycles. The van der Waals surface area contributed by atoms with Gasteiger partial charge in [-0.15, -0.1) is 0 Å². The van der Waals surface area contributed by atoms with Gasteiger partial charge in [0.15, 0.2) is 0 Å². The van der Waals surface area contributed by atoms with Gasteiger partial charge in [0.05, 0.1) is 5.69 Å². The first kappa shape index (κ1) is 7.31. The van der Waals surface area contributed by atoms with Gasteiger partial charge in [-0.25, -0.2) is 4.98 Å². The van der Waals surface area contributed by atoms with Crippen molar-refractivity contribution in [2.24, 2.45) is 0 Å². The molecule has 1 N–H and O–H groups in total. The number of nitrogens with one attached hydrogen (secondary N) is 1. The van der Waals surface area contributed by atoms with E-state index >= 15 is 0 Å².